The maximum absolute atomic E-state index is 14.2. The Balaban J connectivity index is 1.31. The number of likely N-dealkylation sites (tertiary alicyclic amines) is 1. The van der Waals surface area contributed by atoms with Crippen molar-refractivity contribution in [1.82, 2.24) is 4.90 Å². The van der Waals surface area contributed by atoms with Gasteiger partial charge in [-0.3, -0.25) is 14.0 Å². The molecule has 3 aliphatic rings. The molecule has 2 saturated carbocycles. The van der Waals surface area contributed by atoms with Crippen molar-refractivity contribution in [2.45, 2.75) is 96.3 Å². The van der Waals surface area contributed by atoms with Gasteiger partial charge in [0.25, 0.3) is 0 Å². The minimum absolute atomic E-state index is 0.0300. The lowest BCUT2D eigenvalue weighted by Gasteiger charge is -2.37. The Morgan fingerprint density at radius 1 is 0.978 bits per heavy atom. The van der Waals surface area contributed by atoms with Crippen LogP contribution in [0.2, 0.25) is 0 Å². The van der Waals surface area contributed by atoms with Crippen molar-refractivity contribution in [1.29, 1.82) is 0 Å². The first kappa shape index (κ1) is 33.6. The average molecular weight is 628 g/mol. The van der Waals surface area contributed by atoms with E-state index >= 15 is 0 Å². The molecule has 0 bridgehead atoms. The molecular weight excluding hydrogens is 577 g/mol. The van der Waals surface area contributed by atoms with Gasteiger partial charge >= 0.3 is 5.97 Å². The summed E-state index contributed by atoms with van der Waals surface area (Å²) < 4.78 is 35.1. The van der Waals surface area contributed by atoms with E-state index in [1.165, 1.54) is 0 Å². The number of Topliss-reactive ketones (excluding diaryl/α,β-unsaturated/α-hetero) is 1. The molecule has 9 heteroatoms. The summed E-state index contributed by atoms with van der Waals surface area (Å²) in [5, 5.41) is 0.722. The van der Waals surface area contributed by atoms with Crippen LogP contribution in [0.3, 0.4) is 0 Å². The van der Waals surface area contributed by atoms with Crippen molar-refractivity contribution >= 4 is 28.6 Å². The van der Waals surface area contributed by atoms with Gasteiger partial charge in [-0.25, -0.2) is 4.79 Å². The van der Waals surface area contributed by atoms with Gasteiger partial charge in [0.1, 0.15) is 12.2 Å². The SMILES string of the molecule is COC1CCC([C@H]2CCN(C(=O)C3CCC([C@H](C)CF)CC3)[C@H]2C(=O)Cc2ccc3oc(C(=O)OC[C@@H](C)OC)cc3c2)CC1. The smallest absolute Gasteiger partial charge is 0.374 e. The number of carbonyl (C=O) groups excluding carboxylic acids is 3. The Labute approximate surface area is 266 Å². The van der Waals surface area contributed by atoms with Crippen LogP contribution < -0.4 is 0 Å². The molecule has 3 fully saturated rings. The maximum Gasteiger partial charge on any atom is 0.374 e. The first-order valence-corrected chi connectivity index (χ1v) is 16.9. The number of benzene rings is 1. The summed E-state index contributed by atoms with van der Waals surface area (Å²) >= 11 is 0. The van der Waals surface area contributed by atoms with Crippen LogP contribution in [0.1, 0.15) is 87.8 Å². The standard InChI is InChI=1S/C36H50FNO7/c1-22(20-37)25-6-8-27(9-7-25)35(40)38-16-15-30(26-10-12-29(43-4)13-11-26)34(38)31(39)18-24-5-14-32-28(17-24)19-33(45-32)36(41)44-21-23(2)42-3/h5,14,17,19,22-23,25-27,29-30,34H,6-13,15-16,18,20-21H2,1-4H3/t22-,23-,25?,26?,27?,29?,30-,34-/m1/s1. The lowest BCUT2D eigenvalue weighted by atomic mass is 9.74. The third-order valence-corrected chi connectivity index (χ3v) is 10.9. The number of ketones is 1. The third-order valence-electron chi connectivity index (χ3n) is 10.9. The quantitative estimate of drug-likeness (QED) is 0.246. The second-order valence-corrected chi connectivity index (χ2v) is 13.7. The van der Waals surface area contributed by atoms with Crippen molar-refractivity contribution in [2.75, 3.05) is 34.0 Å². The van der Waals surface area contributed by atoms with Crippen molar-refractivity contribution in [2.24, 2.45) is 29.6 Å². The number of nitrogens with zero attached hydrogens (tertiary/aromatic N) is 1. The van der Waals surface area contributed by atoms with E-state index in [0.717, 1.165) is 68.7 Å². The van der Waals surface area contributed by atoms with Crippen LogP contribution in [0.15, 0.2) is 28.7 Å². The lowest BCUT2D eigenvalue weighted by molar-refractivity contribution is -0.143. The highest BCUT2D eigenvalue weighted by Crippen LogP contribution is 2.42. The van der Waals surface area contributed by atoms with E-state index < -0.39 is 12.0 Å². The summed E-state index contributed by atoms with van der Waals surface area (Å²) in [6.45, 7) is 4.18. The average Bonchev–Trinajstić information content (AvgIpc) is 3.71. The normalized spacial score (nSPS) is 28.6. The zero-order chi connectivity index (χ0) is 32.1. The molecule has 2 aliphatic carbocycles. The number of methoxy groups -OCH3 is 2. The fraction of sp³-hybridized carbons (Fsp3) is 0.694. The van der Waals surface area contributed by atoms with Gasteiger partial charge < -0.3 is 23.5 Å². The maximum atomic E-state index is 14.2. The Morgan fingerprint density at radius 2 is 1.71 bits per heavy atom. The molecular formula is C36H50FNO7. The zero-order valence-corrected chi connectivity index (χ0v) is 27.3. The van der Waals surface area contributed by atoms with Gasteiger partial charge in [0.2, 0.25) is 11.7 Å². The molecule has 4 atom stereocenters. The molecule has 248 valence electrons. The Morgan fingerprint density at radius 3 is 2.38 bits per heavy atom. The summed E-state index contributed by atoms with van der Waals surface area (Å²) in [5.41, 5.74) is 1.36. The van der Waals surface area contributed by atoms with E-state index in [1.807, 2.05) is 30.9 Å². The van der Waals surface area contributed by atoms with Gasteiger partial charge in [0, 0.05) is 38.5 Å². The summed E-state index contributed by atoms with van der Waals surface area (Å²) in [4.78, 5) is 42.6. The number of carbonyl (C=O) groups is 3. The molecule has 1 aromatic heterocycles. The van der Waals surface area contributed by atoms with Crippen LogP contribution in [0, 0.1) is 29.6 Å². The van der Waals surface area contributed by atoms with E-state index in [-0.39, 0.29) is 67.1 Å². The number of hydrogen-bond acceptors (Lipinski definition) is 7. The van der Waals surface area contributed by atoms with Gasteiger partial charge in [-0.2, -0.15) is 0 Å². The zero-order valence-electron chi connectivity index (χ0n) is 27.3. The predicted molar refractivity (Wildman–Crippen MR) is 169 cm³/mol. The van der Waals surface area contributed by atoms with E-state index in [0.29, 0.717) is 24.0 Å². The van der Waals surface area contributed by atoms with Crippen LogP contribution in [0.5, 0.6) is 0 Å². The largest absolute Gasteiger partial charge is 0.457 e. The molecule has 45 heavy (non-hydrogen) atoms. The summed E-state index contributed by atoms with van der Waals surface area (Å²) in [7, 11) is 3.32. The molecule has 1 amide bonds. The molecule has 1 aliphatic heterocycles. The number of amides is 1. The molecule has 0 N–H and O–H groups in total. The monoisotopic (exact) mass is 627 g/mol. The fourth-order valence-electron chi connectivity index (χ4n) is 7.96. The minimum atomic E-state index is -0.563. The van der Waals surface area contributed by atoms with Crippen molar-refractivity contribution in [3.63, 3.8) is 0 Å². The van der Waals surface area contributed by atoms with Crippen LogP contribution in [-0.2, 0) is 30.2 Å². The van der Waals surface area contributed by atoms with E-state index in [4.69, 9.17) is 18.6 Å². The first-order valence-electron chi connectivity index (χ1n) is 16.9. The second-order valence-electron chi connectivity index (χ2n) is 13.7. The lowest BCUT2D eigenvalue weighted by Crippen LogP contribution is -2.48. The van der Waals surface area contributed by atoms with Gasteiger partial charge in [-0.15, -0.1) is 0 Å². The summed E-state index contributed by atoms with van der Waals surface area (Å²) in [5.74, 6) is 0.484. The van der Waals surface area contributed by atoms with E-state index in [2.05, 4.69) is 0 Å². The Bertz CT molecular complexity index is 1310. The number of furan rings is 1. The molecule has 0 spiro atoms. The van der Waals surface area contributed by atoms with E-state index in [1.54, 1.807) is 26.4 Å². The number of ether oxygens (including phenoxy) is 3. The molecule has 8 nitrogen and oxygen atoms in total. The molecule has 0 radical (unpaired) electrons. The van der Waals surface area contributed by atoms with Gasteiger partial charge in [0.05, 0.1) is 24.9 Å². The highest BCUT2D eigenvalue weighted by molar-refractivity contribution is 5.94. The molecule has 0 unspecified atom stereocenters. The summed E-state index contributed by atoms with van der Waals surface area (Å²) in [6.07, 6.45) is 8.31. The Kier molecular flexibility index (Phi) is 11.3. The van der Waals surface area contributed by atoms with Gasteiger partial charge in [-0.05, 0) is 112 Å². The van der Waals surface area contributed by atoms with Crippen molar-refractivity contribution < 1.29 is 37.4 Å². The van der Waals surface area contributed by atoms with Gasteiger partial charge in [0.15, 0.2) is 5.78 Å². The second kappa shape index (κ2) is 15.2. The molecule has 2 aromatic rings. The highest BCUT2D eigenvalue weighted by atomic mass is 19.1. The van der Waals surface area contributed by atoms with Crippen LogP contribution in [0.25, 0.3) is 11.0 Å². The molecule has 5 rings (SSSR count). The predicted octanol–water partition coefficient (Wildman–Crippen LogP) is 6.57. The number of halogens is 1. The number of alkyl halides is 1. The highest BCUT2D eigenvalue weighted by Gasteiger charge is 2.47. The molecule has 1 aromatic carbocycles. The number of esters is 1. The third kappa shape index (κ3) is 7.79. The minimum Gasteiger partial charge on any atom is -0.457 e. The molecule has 1 saturated heterocycles. The number of fused-ring (bicyclic) bond motifs is 1. The first-order chi connectivity index (χ1) is 21.7. The van der Waals surface area contributed by atoms with Crippen LogP contribution in [0.4, 0.5) is 4.39 Å². The number of hydrogen-bond donors (Lipinski definition) is 0. The Hall–Kier alpha value is -2.78. The van der Waals surface area contributed by atoms with Crippen molar-refractivity contribution in [3.05, 3.63) is 35.6 Å². The van der Waals surface area contributed by atoms with Crippen molar-refractivity contribution in [3.8, 4) is 0 Å². The fourth-order valence-corrected chi connectivity index (χ4v) is 7.96. The van der Waals surface area contributed by atoms with E-state index in [9.17, 15) is 18.8 Å². The topological polar surface area (TPSA) is 95.3 Å². The van der Waals surface area contributed by atoms with Gasteiger partial charge in [-0.1, -0.05) is 13.0 Å². The van der Waals surface area contributed by atoms with Crippen LogP contribution in [-0.4, -0.2) is 74.9 Å². The molecule has 2 heterocycles. The van der Waals surface area contributed by atoms with Crippen LogP contribution >= 0.6 is 0 Å². The number of rotatable bonds is 12. The summed E-state index contributed by atoms with van der Waals surface area (Å²) in [6, 6.07) is 6.73.